The summed E-state index contributed by atoms with van der Waals surface area (Å²) in [7, 11) is 0. The number of nitriles is 1. The molecular formula is C21H20F2N6O. The van der Waals surface area contributed by atoms with Crippen LogP contribution in [0.2, 0.25) is 0 Å². The summed E-state index contributed by atoms with van der Waals surface area (Å²) in [5, 5.41) is 16.8. The van der Waals surface area contributed by atoms with Gasteiger partial charge in [-0.25, -0.2) is 18.7 Å². The molecule has 1 aliphatic carbocycles. The lowest BCUT2D eigenvalue weighted by Crippen LogP contribution is -2.41. The third-order valence-corrected chi connectivity index (χ3v) is 5.90. The normalized spacial score (nSPS) is 19.5. The molecule has 0 atom stereocenters. The predicted octanol–water partition coefficient (Wildman–Crippen LogP) is 3.92. The molecule has 154 valence electrons. The van der Waals surface area contributed by atoms with Gasteiger partial charge >= 0.3 is 0 Å². The highest BCUT2D eigenvalue weighted by Crippen LogP contribution is 2.41. The first-order chi connectivity index (χ1) is 14.4. The van der Waals surface area contributed by atoms with E-state index in [9.17, 15) is 8.78 Å². The van der Waals surface area contributed by atoms with Crippen molar-refractivity contribution in [2.24, 2.45) is 0 Å². The predicted molar refractivity (Wildman–Crippen MR) is 106 cm³/mol. The number of aromatic nitrogens is 4. The van der Waals surface area contributed by atoms with E-state index in [-0.39, 0.29) is 24.2 Å². The number of H-pyrrole nitrogens is 1. The molecule has 2 aromatic heterocycles. The number of aromatic amines is 1. The Kier molecular flexibility index (Phi) is 4.13. The van der Waals surface area contributed by atoms with E-state index in [4.69, 9.17) is 10.00 Å². The van der Waals surface area contributed by atoms with E-state index >= 15 is 0 Å². The number of rotatable bonds is 4. The lowest BCUT2D eigenvalue weighted by atomic mass is 9.95. The van der Waals surface area contributed by atoms with Crippen molar-refractivity contribution in [3.63, 3.8) is 0 Å². The van der Waals surface area contributed by atoms with Gasteiger partial charge in [0.05, 0.1) is 11.2 Å². The maximum Gasteiger partial charge on any atom is 0.199 e. The zero-order valence-corrected chi connectivity index (χ0v) is 16.5. The minimum Gasteiger partial charge on any atom is -0.484 e. The van der Waals surface area contributed by atoms with Crippen LogP contribution >= 0.6 is 0 Å². The first-order valence-electron chi connectivity index (χ1n) is 9.92. The van der Waals surface area contributed by atoms with Crippen molar-refractivity contribution in [2.45, 2.75) is 43.9 Å². The summed E-state index contributed by atoms with van der Waals surface area (Å²) in [5.41, 5.74) is -0.398. The van der Waals surface area contributed by atoms with Gasteiger partial charge in [0.1, 0.15) is 29.5 Å². The zero-order chi connectivity index (χ0) is 20.9. The van der Waals surface area contributed by atoms with Crippen LogP contribution in [0.15, 0.2) is 24.5 Å². The quantitative estimate of drug-likeness (QED) is 0.701. The molecule has 0 bridgehead atoms. The van der Waals surface area contributed by atoms with Gasteiger partial charge in [-0.1, -0.05) is 0 Å². The molecule has 2 fully saturated rings. The lowest BCUT2D eigenvalue weighted by Gasteiger charge is -2.33. The Balaban J connectivity index is 1.46. The molecule has 1 N–H and O–H groups in total. The minimum atomic E-state index is -1.77. The molecule has 3 aromatic rings. The SMILES string of the molecule is CC1(Oc2cc3c(-c4cc(N5CCC(F)(C#N)CC5)ncn4)n[nH]c3cc2F)CC1. The highest BCUT2D eigenvalue weighted by molar-refractivity contribution is 5.93. The van der Waals surface area contributed by atoms with Crippen LogP contribution < -0.4 is 9.64 Å². The van der Waals surface area contributed by atoms with Crippen LogP contribution in [-0.2, 0) is 0 Å². The van der Waals surface area contributed by atoms with Gasteiger partial charge < -0.3 is 9.64 Å². The highest BCUT2D eigenvalue weighted by Gasteiger charge is 2.40. The number of ether oxygens (including phenoxy) is 1. The van der Waals surface area contributed by atoms with Crippen LogP contribution in [0, 0.1) is 17.1 Å². The average Bonchev–Trinajstić information content (AvgIpc) is 3.34. The first-order valence-corrected chi connectivity index (χ1v) is 9.92. The molecule has 0 amide bonds. The third kappa shape index (κ3) is 3.32. The number of nitrogens with zero attached hydrogens (tertiary/aromatic N) is 5. The molecule has 30 heavy (non-hydrogen) atoms. The zero-order valence-electron chi connectivity index (χ0n) is 16.5. The van der Waals surface area contributed by atoms with Crippen LogP contribution in [0.3, 0.4) is 0 Å². The molecule has 0 unspecified atom stereocenters. The fraction of sp³-hybridized carbons (Fsp3) is 0.429. The Bertz CT molecular complexity index is 1160. The fourth-order valence-corrected chi connectivity index (χ4v) is 3.69. The summed E-state index contributed by atoms with van der Waals surface area (Å²) in [4.78, 5) is 10.6. The van der Waals surface area contributed by atoms with Crippen molar-refractivity contribution in [2.75, 3.05) is 18.0 Å². The molecule has 1 saturated heterocycles. The van der Waals surface area contributed by atoms with E-state index in [0.717, 1.165) is 12.8 Å². The van der Waals surface area contributed by atoms with E-state index in [1.807, 2.05) is 11.8 Å². The number of hydrogen-bond donors (Lipinski definition) is 1. The second kappa shape index (κ2) is 6.62. The monoisotopic (exact) mass is 410 g/mol. The largest absolute Gasteiger partial charge is 0.484 e. The standard InChI is InChI=1S/C21H20F2N6O/c1-20(2-3-20)30-17-8-13-15(9-14(17)22)27-28-19(13)16-10-18(26-12-25-16)29-6-4-21(23,11-24)5-7-29/h8-10,12H,2-7H2,1H3,(H,27,28). The van der Waals surface area contributed by atoms with Gasteiger partial charge in [-0.15, -0.1) is 0 Å². The molecular weight excluding hydrogens is 390 g/mol. The molecule has 0 radical (unpaired) electrons. The van der Waals surface area contributed by atoms with Crippen LogP contribution in [0.4, 0.5) is 14.6 Å². The molecule has 7 nitrogen and oxygen atoms in total. The van der Waals surface area contributed by atoms with Crippen molar-refractivity contribution < 1.29 is 13.5 Å². The number of anilines is 1. The van der Waals surface area contributed by atoms with E-state index in [1.54, 1.807) is 18.2 Å². The number of nitrogens with one attached hydrogen (secondary N) is 1. The number of alkyl halides is 1. The van der Waals surface area contributed by atoms with Gasteiger partial charge in [0.25, 0.3) is 0 Å². The van der Waals surface area contributed by atoms with Crippen LogP contribution in [-0.4, -0.2) is 44.5 Å². The summed E-state index contributed by atoms with van der Waals surface area (Å²) in [5.74, 6) is 0.404. The second-order valence-electron chi connectivity index (χ2n) is 8.28. The average molecular weight is 410 g/mol. The van der Waals surface area contributed by atoms with Crippen molar-refractivity contribution in [3.8, 4) is 23.2 Å². The number of hydrogen-bond acceptors (Lipinski definition) is 6. The lowest BCUT2D eigenvalue weighted by molar-refractivity contribution is 0.191. The Hall–Kier alpha value is -3.28. The molecule has 9 heteroatoms. The summed E-state index contributed by atoms with van der Waals surface area (Å²) >= 11 is 0. The van der Waals surface area contributed by atoms with Gasteiger partial charge in [0, 0.05) is 43.5 Å². The van der Waals surface area contributed by atoms with Gasteiger partial charge in [0.2, 0.25) is 0 Å². The van der Waals surface area contributed by atoms with Crippen LogP contribution in [0.5, 0.6) is 5.75 Å². The molecule has 1 saturated carbocycles. The Morgan fingerprint density at radius 3 is 2.63 bits per heavy atom. The van der Waals surface area contributed by atoms with Crippen molar-refractivity contribution in [3.05, 3.63) is 30.3 Å². The number of halogens is 2. The summed E-state index contributed by atoms with van der Waals surface area (Å²) in [6.45, 7) is 2.74. The second-order valence-corrected chi connectivity index (χ2v) is 8.28. The van der Waals surface area contributed by atoms with E-state index < -0.39 is 11.5 Å². The molecule has 1 aliphatic heterocycles. The minimum absolute atomic E-state index is 0.132. The maximum absolute atomic E-state index is 14.4. The first kappa shape index (κ1) is 18.7. The molecule has 2 aliphatic rings. The van der Waals surface area contributed by atoms with E-state index in [0.29, 0.717) is 41.2 Å². The topological polar surface area (TPSA) is 90.7 Å². The Morgan fingerprint density at radius 1 is 1.17 bits per heavy atom. The van der Waals surface area contributed by atoms with Crippen molar-refractivity contribution >= 4 is 16.7 Å². The number of fused-ring (bicyclic) bond motifs is 1. The van der Waals surface area contributed by atoms with Crippen molar-refractivity contribution in [1.29, 1.82) is 5.26 Å². The van der Waals surface area contributed by atoms with E-state index in [2.05, 4.69) is 20.2 Å². The maximum atomic E-state index is 14.4. The fourth-order valence-electron chi connectivity index (χ4n) is 3.69. The van der Waals surface area contributed by atoms with Gasteiger partial charge in [-0.3, -0.25) is 5.10 Å². The smallest absolute Gasteiger partial charge is 0.199 e. The highest BCUT2D eigenvalue weighted by atomic mass is 19.1. The third-order valence-electron chi connectivity index (χ3n) is 5.90. The Morgan fingerprint density at radius 2 is 1.93 bits per heavy atom. The Labute approximate surface area is 171 Å². The molecule has 1 aromatic carbocycles. The number of piperidine rings is 1. The van der Waals surface area contributed by atoms with Crippen molar-refractivity contribution in [1.82, 2.24) is 20.2 Å². The van der Waals surface area contributed by atoms with Crippen LogP contribution in [0.25, 0.3) is 22.3 Å². The van der Waals surface area contributed by atoms with Crippen LogP contribution in [0.1, 0.15) is 32.6 Å². The summed E-state index contributed by atoms with van der Waals surface area (Å²) < 4.78 is 34.5. The molecule has 3 heterocycles. The van der Waals surface area contributed by atoms with Gasteiger partial charge in [0.15, 0.2) is 17.2 Å². The molecule has 0 spiro atoms. The summed E-state index contributed by atoms with van der Waals surface area (Å²) in [6, 6.07) is 6.56. The van der Waals surface area contributed by atoms with E-state index in [1.165, 1.54) is 12.4 Å². The number of benzene rings is 1. The molecule has 5 rings (SSSR count). The summed E-state index contributed by atoms with van der Waals surface area (Å²) in [6.07, 6.45) is 3.50. The van der Waals surface area contributed by atoms with Gasteiger partial charge in [-0.05, 0) is 25.8 Å². The van der Waals surface area contributed by atoms with Gasteiger partial charge in [-0.2, -0.15) is 10.4 Å².